The topological polar surface area (TPSA) is 49.4 Å². The zero-order chi connectivity index (χ0) is 21.4. The second-order valence-electron chi connectivity index (χ2n) is 7.46. The molecule has 156 valence electrons. The van der Waals surface area contributed by atoms with E-state index in [1.54, 1.807) is 17.0 Å². The number of benzene rings is 2. The van der Waals surface area contributed by atoms with Crippen molar-refractivity contribution < 1.29 is 14.0 Å². The third-order valence-corrected chi connectivity index (χ3v) is 5.13. The Morgan fingerprint density at radius 2 is 1.66 bits per heavy atom. The highest BCUT2D eigenvalue weighted by Crippen LogP contribution is 2.17. The zero-order valence-electron chi connectivity index (χ0n) is 17.8. The van der Waals surface area contributed by atoms with Crippen LogP contribution >= 0.6 is 0 Å². The number of amides is 2. The number of halogens is 1. The second-order valence-corrected chi connectivity index (χ2v) is 7.46. The minimum Gasteiger partial charge on any atom is -0.354 e. The normalized spacial score (nSPS) is 11.8. The lowest BCUT2D eigenvalue weighted by molar-refractivity contribution is -0.140. The van der Waals surface area contributed by atoms with Gasteiger partial charge in [-0.1, -0.05) is 44.2 Å². The van der Waals surface area contributed by atoms with E-state index < -0.39 is 6.04 Å². The van der Waals surface area contributed by atoms with Crippen LogP contribution in [0.3, 0.4) is 0 Å². The third-order valence-electron chi connectivity index (χ3n) is 5.13. The molecule has 0 aromatic heterocycles. The predicted molar refractivity (Wildman–Crippen MR) is 114 cm³/mol. The number of aryl methyl sites for hydroxylation is 2. The molecule has 0 fully saturated rings. The van der Waals surface area contributed by atoms with E-state index >= 15 is 0 Å². The molecule has 0 saturated carbocycles. The average Bonchev–Trinajstić information content (AvgIpc) is 2.70. The monoisotopic (exact) mass is 398 g/mol. The van der Waals surface area contributed by atoms with Crippen LogP contribution in [0.1, 0.15) is 48.9 Å². The van der Waals surface area contributed by atoms with Crippen LogP contribution in [0.15, 0.2) is 42.5 Å². The Hall–Kier alpha value is -2.69. The van der Waals surface area contributed by atoms with Gasteiger partial charge in [-0.25, -0.2) is 4.39 Å². The zero-order valence-corrected chi connectivity index (χ0v) is 17.8. The van der Waals surface area contributed by atoms with Gasteiger partial charge in [0.2, 0.25) is 11.8 Å². The van der Waals surface area contributed by atoms with Crippen molar-refractivity contribution in [1.29, 1.82) is 0 Å². The summed E-state index contributed by atoms with van der Waals surface area (Å²) in [5, 5.41) is 2.90. The molecule has 5 heteroatoms. The Kier molecular flexibility index (Phi) is 8.37. The summed E-state index contributed by atoms with van der Waals surface area (Å²) in [5.41, 5.74) is 4.02. The second kappa shape index (κ2) is 10.7. The number of carbonyl (C=O) groups is 2. The van der Waals surface area contributed by atoms with Gasteiger partial charge in [0.05, 0.1) is 6.42 Å². The van der Waals surface area contributed by atoms with Crippen LogP contribution in [0, 0.1) is 19.7 Å². The van der Waals surface area contributed by atoms with E-state index in [9.17, 15) is 14.0 Å². The van der Waals surface area contributed by atoms with Gasteiger partial charge < -0.3 is 10.2 Å². The number of hydrogen-bond acceptors (Lipinski definition) is 2. The Morgan fingerprint density at radius 3 is 2.24 bits per heavy atom. The maximum Gasteiger partial charge on any atom is 0.242 e. The number of nitrogens with one attached hydrogen (secondary N) is 1. The molecule has 0 aliphatic heterocycles. The van der Waals surface area contributed by atoms with Crippen LogP contribution in [0.5, 0.6) is 0 Å². The van der Waals surface area contributed by atoms with Gasteiger partial charge >= 0.3 is 0 Å². The Morgan fingerprint density at radius 1 is 1.00 bits per heavy atom. The average molecular weight is 399 g/mol. The van der Waals surface area contributed by atoms with Gasteiger partial charge in [0.15, 0.2) is 0 Å². The lowest BCUT2D eigenvalue weighted by Gasteiger charge is -2.31. The Labute approximate surface area is 173 Å². The van der Waals surface area contributed by atoms with Crippen molar-refractivity contribution in [2.45, 2.75) is 59.5 Å². The first-order chi connectivity index (χ1) is 13.8. The summed E-state index contributed by atoms with van der Waals surface area (Å²) in [4.78, 5) is 27.6. The molecule has 29 heavy (non-hydrogen) atoms. The number of nitrogens with zero attached hydrogens (tertiary/aromatic N) is 1. The fourth-order valence-electron chi connectivity index (χ4n) is 3.26. The fourth-order valence-corrected chi connectivity index (χ4v) is 3.26. The van der Waals surface area contributed by atoms with Gasteiger partial charge in [-0.3, -0.25) is 9.59 Å². The smallest absolute Gasteiger partial charge is 0.242 e. The van der Waals surface area contributed by atoms with E-state index in [4.69, 9.17) is 0 Å². The van der Waals surface area contributed by atoms with E-state index in [0.717, 1.165) is 23.1 Å². The summed E-state index contributed by atoms with van der Waals surface area (Å²) in [7, 11) is 0. The Bertz CT molecular complexity index is 833. The predicted octanol–water partition coefficient (Wildman–Crippen LogP) is 4.32. The lowest BCUT2D eigenvalue weighted by atomic mass is 10.0. The highest BCUT2D eigenvalue weighted by molar-refractivity contribution is 5.88. The molecule has 2 rings (SSSR count). The molecule has 2 aromatic carbocycles. The van der Waals surface area contributed by atoms with Crippen LogP contribution in [0.4, 0.5) is 4.39 Å². The van der Waals surface area contributed by atoms with E-state index in [1.165, 1.54) is 17.7 Å². The van der Waals surface area contributed by atoms with Gasteiger partial charge in [0.1, 0.15) is 11.9 Å². The molecule has 1 N–H and O–H groups in total. The highest BCUT2D eigenvalue weighted by atomic mass is 19.1. The number of hydrogen-bond donors (Lipinski definition) is 1. The van der Waals surface area contributed by atoms with Gasteiger partial charge in [0, 0.05) is 13.1 Å². The van der Waals surface area contributed by atoms with Gasteiger partial charge in [-0.15, -0.1) is 0 Å². The number of carbonyl (C=O) groups excluding carboxylic acids is 2. The molecule has 0 aliphatic carbocycles. The molecule has 0 bridgehead atoms. The molecule has 0 unspecified atom stereocenters. The molecule has 2 aromatic rings. The molecule has 0 heterocycles. The maximum absolute atomic E-state index is 13.3. The van der Waals surface area contributed by atoms with E-state index in [-0.39, 0.29) is 30.6 Å². The molecular weight excluding hydrogens is 367 g/mol. The maximum atomic E-state index is 13.3. The van der Waals surface area contributed by atoms with Gasteiger partial charge in [0.25, 0.3) is 0 Å². The standard InChI is InChI=1S/C24H31FN2O2/c1-5-13-26-24(29)22(6-2)27(16-19-9-11-21(25)12-10-19)23(28)15-20-8-7-17(3)18(4)14-20/h7-12,14,22H,5-6,13,15-16H2,1-4H3,(H,26,29)/t22-/m0/s1. The molecular formula is C24H31FN2O2. The molecule has 4 nitrogen and oxygen atoms in total. The quantitative estimate of drug-likeness (QED) is 0.684. The van der Waals surface area contributed by atoms with Crippen molar-refractivity contribution in [1.82, 2.24) is 10.2 Å². The van der Waals surface area contributed by atoms with Crippen LogP contribution in [0.2, 0.25) is 0 Å². The van der Waals surface area contributed by atoms with Crippen molar-refractivity contribution in [3.8, 4) is 0 Å². The summed E-state index contributed by atoms with van der Waals surface area (Å²) in [5.74, 6) is -0.588. The first-order valence-electron chi connectivity index (χ1n) is 10.2. The van der Waals surface area contributed by atoms with E-state index in [0.29, 0.717) is 13.0 Å². The third kappa shape index (κ3) is 6.41. The summed E-state index contributed by atoms with van der Waals surface area (Å²) >= 11 is 0. The highest BCUT2D eigenvalue weighted by Gasteiger charge is 2.28. The van der Waals surface area contributed by atoms with Crippen LogP contribution < -0.4 is 5.32 Å². The summed E-state index contributed by atoms with van der Waals surface area (Å²) in [6.45, 7) is 8.78. The van der Waals surface area contributed by atoms with Crippen molar-refractivity contribution in [3.63, 3.8) is 0 Å². The van der Waals surface area contributed by atoms with Crippen molar-refractivity contribution in [2.24, 2.45) is 0 Å². The minimum absolute atomic E-state index is 0.115. The molecule has 1 atom stereocenters. The molecule has 0 saturated heterocycles. The summed E-state index contributed by atoms with van der Waals surface area (Å²) in [6, 6.07) is 11.5. The van der Waals surface area contributed by atoms with Crippen LogP contribution in [-0.2, 0) is 22.6 Å². The SMILES string of the molecule is CCCNC(=O)[C@H](CC)N(Cc1ccc(F)cc1)C(=O)Cc1ccc(C)c(C)c1. The fraction of sp³-hybridized carbons (Fsp3) is 0.417. The molecule has 2 amide bonds. The largest absolute Gasteiger partial charge is 0.354 e. The molecule has 0 spiro atoms. The van der Waals surface area contributed by atoms with E-state index in [1.807, 2.05) is 45.9 Å². The van der Waals surface area contributed by atoms with Gasteiger partial charge in [-0.05, 0) is 61.1 Å². The Balaban J connectivity index is 2.27. The first kappa shape index (κ1) is 22.6. The minimum atomic E-state index is -0.564. The van der Waals surface area contributed by atoms with Gasteiger partial charge in [-0.2, -0.15) is 0 Å². The summed E-state index contributed by atoms with van der Waals surface area (Å²) < 4.78 is 13.3. The number of rotatable bonds is 9. The van der Waals surface area contributed by atoms with Crippen LogP contribution in [-0.4, -0.2) is 29.3 Å². The van der Waals surface area contributed by atoms with Crippen LogP contribution in [0.25, 0.3) is 0 Å². The summed E-state index contributed by atoms with van der Waals surface area (Å²) in [6.07, 6.45) is 1.56. The molecule has 0 aliphatic rings. The van der Waals surface area contributed by atoms with Crippen molar-refractivity contribution in [2.75, 3.05) is 6.54 Å². The van der Waals surface area contributed by atoms with Crippen molar-refractivity contribution in [3.05, 3.63) is 70.5 Å². The lowest BCUT2D eigenvalue weighted by Crippen LogP contribution is -2.49. The van der Waals surface area contributed by atoms with Crippen molar-refractivity contribution >= 4 is 11.8 Å². The molecule has 0 radical (unpaired) electrons. The van der Waals surface area contributed by atoms with E-state index in [2.05, 4.69) is 5.32 Å². The first-order valence-corrected chi connectivity index (χ1v) is 10.2.